The van der Waals surface area contributed by atoms with Crippen molar-refractivity contribution in [1.29, 1.82) is 0 Å². The van der Waals surface area contributed by atoms with Crippen LogP contribution in [0.15, 0.2) is 24.3 Å². The third kappa shape index (κ3) is 49.6. The maximum absolute atomic E-state index is 12.5. The standard InChI is InChI=1S/C57H109NO5/c1-3-5-7-9-11-13-15-16-17-20-23-26-30-33-37-41-45-49-55(60)54(53-59)58-56(61)50-46-42-38-34-31-27-24-21-18-19-22-25-28-32-36-40-44-48-52-63-57(62)51-47-43-39-35-29-14-12-10-8-6-4-2/h10,12,21,24,54-55,59-60H,3-9,11,13-20,22-23,25-53H2,1-2H3,(H,58,61)/b12-10-,24-21-. The van der Waals surface area contributed by atoms with Gasteiger partial charge < -0.3 is 20.3 Å². The SMILES string of the molecule is CCCC/C=C\CCCCCCCC(=O)OCCCCCCCCCCC/C=C\CCCCCCCC(=O)NC(CO)C(O)CCCCCCCCCCCCCCCCCCC. The molecule has 0 radical (unpaired) electrons. The second-order valence-corrected chi connectivity index (χ2v) is 19.3. The number of esters is 1. The van der Waals surface area contributed by atoms with Gasteiger partial charge in [0.05, 0.1) is 25.4 Å². The molecule has 2 atom stereocenters. The number of unbranched alkanes of at least 4 members (excludes halogenated alkanes) is 37. The van der Waals surface area contributed by atoms with Gasteiger partial charge >= 0.3 is 5.97 Å². The molecule has 3 N–H and O–H groups in total. The molecule has 0 aromatic heterocycles. The van der Waals surface area contributed by atoms with Gasteiger partial charge in [0.15, 0.2) is 0 Å². The van der Waals surface area contributed by atoms with E-state index in [1.165, 1.54) is 212 Å². The number of amides is 1. The monoisotopic (exact) mass is 888 g/mol. The molecule has 0 aliphatic heterocycles. The summed E-state index contributed by atoms with van der Waals surface area (Å²) in [5.41, 5.74) is 0. The number of aliphatic hydroxyl groups is 2. The van der Waals surface area contributed by atoms with Crippen molar-refractivity contribution in [3.63, 3.8) is 0 Å². The summed E-state index contributed by atoms with van der Waals surface area (Å²) in [7, 11) is 0. The van der Waals surface area contributed by atoms with Gasteiger partial charge in [0.2, 0.25) is 5.91 Å². The highest BCUT2D eigenvalue weighted by Gasteiger charge is 2.20. The summed E-state index contributed by atoms with van der Waals surface area (Å²) in [6.45, 7) is 4.91. The average molecular weight is 889 g/mol. The Kier molecular flexibility index (Phi) is 51.6. The lowest BCUT2D eigenvalue weighted by atomic mass is 10.0. The first-order valence-corrected chi connectivity index (χ1v) is 28.1. The van der Waals surface area contributed by atoms with E-state index in [2.05, 4.69) is 43.5 Å². The third-order valence-electron chi connectivity index (χ3n) is 13.0. The van der Waals surface area contributed by atoms with E-state index in [0.717, 1.165) is 57.8 Å². The molecule has 6 heteroatoms. The van der Waals surface area contributed by atoms with Gasteiger partial charge in [0.25, 0.3) is 0 Å². The first-order chi connectivity index (χ1) is 31.0. The molecule has 0 saturated heterocycles. The van der Waals surface area contributed by atoms with Crippen LogP contribution in [0.1, 0.15) is 303 Å². The normalized spacial score (nSPS) is 12.8. The summed E-state index contributed by atoms with van der Waals surface area (Å²) in [6, 6.07) is -0.551. The van der Waals surface area contributed by atoms with Crippen molar-refractivity contribution in [2.75, 3.05) is 13.2 Å². The Morgan fingerprint density at radius 2 is 0.762 bits per heavy atom. The number of hydrogen-bond donors (Lipinski definition) is 3. The molecule has 0 rings (SSSR count). The summed E-state index contributed by atoms with van der Waals surface area (Å²) in [5.74, 6) is -0.0559. The van der Waals surface area contributed by atoms with E-state index < -0.39 is 12.1 Å². The summed E-state index contributed by atoms with van der Waals surface area (Å²) in [4.78, 5) is 24.4. The van der Waals surface area contributed by atoms with Crippen LogP contribution in [0.5, 0.6) is 0 Å². The molecule has 1 amide bonds. The van der Waals surface area contributed by atoms with Crippen molar-refractivity contribution in [2.24, 2.45) is 0 Å². The minimum absolute atomic E-state index is 0.00802. The quantitative estimate of drug-likeness (QED) is 0.0321. The fraction of sp³-hybridized carbons (Fsp3) is 0.895. The molecule has 0 aliphatic carbocycles. The zero-order valence-corrected chi connectivity index (χ0v) is 42.3. The van der Waals surface area contributed by atoms with Crippen LogP contribution in [-0.2, 0) is 14.3 Å². The Bertz CT molecular complexity index is 982. The zero-order chi connectivity index (χ0) is 45.8. The van der Waals surface area contributed by atoms with Gasteiger partial charge in [0, 0.05) is 12.8 Å². The molecular weight excluding hydrogens is 779 g/mol. The molecule has 0 saturated carbocycles. The zero-order valence-electron chi connectivity index (χ0n) is 42.3. The van der Waals surface area contributed by atoms with Gasteiger partial charge in [-0.25, -0.2) is 0 Å². The number of nitrogens with one attached hydrogen (secondary N) is 1. The third-order valence-corrected chi connectivity index (χ3v) is 13.0. The topological polar surface area (TPSA) is 95.9 Å². The van der Waals surface area contributed by atoms with E-state index in [1.54, 1.807) is 0 Å². The van der Waals surface area contributed by atoms with Crippen LogP contribution in [0, 0.1) is 0 Å². The highest BCUT2D eigenvalue weighted by Crippen LogP contribution is 2.17. The Morgan fingerprint density at radius 1 is 0.429 bits per heavy atom. The van der Waals surface area contributed by atoms with E-state index in [9.17, 15) is 19.8 Å². The lowest BCUT2D eigenvalue weighted by Gasteiger charge is -2.22. The lowest BCUT2D eigenvalue weighted by molar-refractivity contribution is -0.143. The molecule has 0 aliphatic rings. The summed E-state index contributed by atoms with van der Waals surface area (Å²) >= 11 is 0. The molecule has 0 fully saturated rings. The summed E-state index contributed by atoms with van der Waals surface area (Å²) in [6.07, 6.45) is 63.0. The number of carbonyl (C=O) groups excluding carboxylic acids is 2. The number of hydrogen-bond acceptors (Lipinski definition) is 5. The molecule has 0 aromatic rings. The van der Waals surface area contributed by atoms with Crippen molar-refractivity contribution in [1.82, 2.24) is 5.32 Å². The van der Waals surface area contributed by atoms with Crippen molar-refractivity contribution in [3.05, 3.63) is 24.3 Å². The van der Waals surface area contributed by atoms with Crippen LogP contribution in [0.2, 0.25) is 0 Å². The smallest absolute Gasteiger partial charge is 0.305 e. The molecule has 0 heterocycles. The Hall–Kier alpha value is -1.66. The highest BCUT2D eigenvalue weighted by molar-refractivity contribution is 5.76. The molecule has 0 spiro atoms. The van der Waals surface area contributed by atoms with E-state index in [4.69, 9.17) is 4.74 Å². The largest absolute Gasteiger partial charge is 0.466 e. The molecule has 63 heavy (non-hydrogen) atoms. The van der Waals surface area contributed by atoms with Gasteiger partial charge in [-0.1, -0.05) is 244 Å². The first kappa shape index (κ1) is 61.3. The fourth-order valence-corrected chi connectivity index (χ4v) is 8.62. The lowest BCUT2D eigenvalue weighted by Crippen LogP contribution is -2.45. The van der Waals surface area contributed by atoms with Crippen molar-refractivity contribution in [2.45, 2.75) is 315 Å². The first-order valence-electron chi connectivity index (χ1n) is 28.1. The average Bonchev–Trinajstić information content (AvgIpc) is 3.28. The number of aliphatic hydroxyl groups excluding tert-OH is 2. The van der Waals surface area contributed by atoms with Gasteiger partial charge in [-0.15, -0.1) is 0 Å². The van der Waals surface area contributed by atoms with E-state index in [-0.39, 0.29) is 18.5 Å². The van der Waals surface area contributed by atoms with Crippen LogP contribution in [0.3, 0.4) is 0 Å². The van der Waals surface area contributed by atoms with Crippen LogP contribution < -0.4 is 5.32 Å². The van der Waals surface area contributed by atoms with Crippen LogP contribution >= 0.6 is 0 Å². The van der Waals surface area contributed by atoms with Gasteiger partial charge in [-0.3, -0.25) is 9.59 Å². The summed E-state index contributed by atoms with van der Waals surface area (Å²) < 4.78 is 5.45. The second kappa shape index (κ2) is 53.0. The minimum atomic E-state index is -0.673. The Balaban J connectivity index is 3.46. The maximum atomic E-state index is 12.5. The Morgan fingerprint density at radius 3 is 1.17 bits per heavy atom. The fourth-order valence-electron chi connectivity index (χ4n) is 8.62. The Labute approximate surface area is 392 Å². The number of carbonyl (C=O) groups is 2. The minimum Gasteiger partial charge on any atom is -0.466 e. The van der Waals surface area contributed by atoms with E-state index >= 15 is 0 Å². The molecule has 6 nitrogen and oxygen atoms in total. The van der Waals surface area contributed by atoms with Crippen molar-refractivity contribution in [3.8, 4) is 0 Å². The van der Waals surface area contributed by atoms with Crippen molar-refractivity contribution >= 4 is 11.9 Å². The predicted molar refractivity (Wildman–Crippen MR) is 273 cm³/mol. The summed E-state index contributed by atoms with van der Waals surface area (Å²) in [5, 5.41) is 23.3. The maximum Gasteiger partial charge on any atom is 0.305 e. The van der Waals surface area contributed by atoms with E-state index in [0.29, 0.717) is 25.9 Å². The second-order valence-electron chi connectivity index (χ2n) is 19.3. The van der Waals surface area contributed by atoms with Gasteiger partial charge in [-0.2, -0.15) is 0 Å². The molecule has 2 unspecified atom stereocenters. The highest BCUT2D eigenvalue weighted by atomic mass is 16.5. The molecular formula is C57H109NO5. The van der Waals surface area contributed by atoms with Gasteiger partial charge in [-0.05, 0) is 70.6 Å². The van der Waals surface area contributed by atoms with Crippen LogP contribution in [0.4, 0.5) is 0 Å². The number of ether oxygens (including phenoxy) is 1. The molecule has 0 bridgehead atoms. The molecule has 372 valence electrons. The van der Waals surface area contributed by atoms with E-state index in [1.807, 2.05) is 0 Å². The number of allylic oxidation sites excluding steroid dienone is 4. The van der Waals surface area contributed by atoms with Gasteiger partial charge in [0.1, 0.15) is 0 Å². The number of rotatable bonds is 52. The van der Waals surface area contributed by atoms with Crippen LogP contribution in [-0.4, -0.2) is 47.4 Å². The predicted octanol–water partition coefficient (Wildman–Crippen LogP) is 17.1. The van der Waals surface area contributed by atoms with Crippen molar-refractivity contribution < 1.29 is 24.5 Å². The molecule has 0 aromatic carbocycles. The van der Waals surface area contributed by atoms with Crippen LogP contribution in [0.25, 0.3) is 0 Å².